The predicted molar refractivity (Wildman–Crippen MR) is 61.2 cm³/mol. The lowest BCUT2D eigenvalue weighted by molar-refractivity contribution is -0.140. The summed E-state index contributed by atoms with van der Waals surface area (Å²) in [7, 11) is 1.35. The van der Waals surface area contributed by atoms with Crippen LogP contribution in [0.3, 0.4) is 0 Å². The number of carbonyl (C=O) groups is 1. The van der Waals surface area contributed by atoms with Gasteiger partial charge < -0.3 is 15.8 Å². The number of esters is 1. The number of rotatable bonds is 4. The highest BCUT2D eigenvalue weighted by Crippen LogP contribution is 2.18. The molecule has 90 valence electrons. The Hall–Kier alpha value is -2.38. The van der Waals surface area contributed by atoms with E-state index in [4.69, 9.17) is 5.73 Å². The Labute approximate surface area is 96.6 Å². The molecular formula is C9H12N6O2. The highest BCUT2D eigenvalue weighted by molar-refractivity contribution is 5.86. The number of anilines is 2. The van der Waals surface area contributed by atoms with Crippen LogP contribution in [0, 0.1) is 0 Å². The van der Waals surface area contributed by atoms with Crippen molar-refractivity contribution in [1.82, 2.24) is 20.2 Å². The van der Waals surface area contributed by atoms with E-state index in [1.165, 1.54) is 7.11 Å². The van der Waals surface area contributed by atoms with Crippen LogP contribution in [0.1, 0.15) is 6.42 Å². The molecule has 8 heteroatoms. The minimum Gasteiger partial charge on any atom is -0.469 e. The van der Waals surface area contributed by atoms with E-state index in [-0.39, 0.29) is 18.3 Å². The number of hydrogen-bond acceptors (Lipinski definition) is 7. The molecule has 2 heterocycles. The Balaban J connectivity index is 2.12. The Bertz CT molecular complexity index is 537. The summed E-state index contributed by atoms with van der Waals surface area (Å²) in [4.78, 5) is 19.0. The van der Waals surface area contributed by atoms with Gasteiger partial charge in [-0.15, -0.1) is 0 Å². The average molecular weight is 236 g/mol. The molecule has 0 amide bonds. The number of carbonyl (C=O) groups excluding carboxylic acids is 1. The maximum Gasteiger partial charge on any atom is 0.307 e. The van der Waals surface area contributed by atoms with Crippen molar-refractivity contribution in [2.45, 2.75) is 6.42 Å². The van der Waals surface area contributed by atoms with Gasteiger partial charge in [0, 0.05) is 6.54 Å². The van der Waals surface area contributed by atoms with E-state index in [0.717, 1.165) is 5.39 Å². The summed E-state index contributed by atoms with van der Waals surface area (Å²) in [6.07, 6.45) is 1.84. The summed E-state index contributed by atoms with van der Waals surface area (Å²) in [6, 6.07) is 0. The lowest BCUT2D eigenvalue weighted by Crippen LogP contribution is -2.11. The van der Waals surface area contributed by atoms with E-state index in [0.29, 0.717) is 18.0 Å². The fourth-order valence-corrected chi connectivity index (χ4v) is 1.37. The zero-order chi connectivity index (χ0) is 12.3. The van der Waals surface area contributed by atoms with Gasteiger partial charge >= 0.3 is 5.97 Å². The summed E-state index contributed by atoms with van der Waals surface area (Å²) in [5.74, 6) is 0.399. The van der Waals surface area contributed by atoms with Crippen LogP contribution in [-0.4, -0.2) is 39.8 Å². The van der Waals surface area contributed by atoms with Gasteiger partial charge in [0.2, 0.25) is 5.95 Å². The van der Waals surface area contributed by atoms with E-state index < -0.39 is 0 Å². The van der Waals surface area contributed by atoms with E-state index in [1.807, 2.05) is 0 Å². The molecule has 2 aromatic heterocycles. The summed E-state index contributed by atoms with van der Waals surface area (Å²) in [5, 5.41) is 10.3. The number of nitrogens with one attached hydrogen (secondary N) is 2. The molecule has 0 aliphatic heterocycles. The van der Waals surface area contributed by atoms with Crippen molar-refractivity contribution in [1.29, 1.82) is 0 Å². The van der Waals surface area contributed by atoms with Crippen molar-refractivity contribution >= 4 is 28.8 Å². The van der Waals surface area contributed by atoms with Gasteiger partial charge in [0.15, 0.2) is 5.65 Å². The molecule has 0 saturated carbocycles. The monoisotopic (exact) mass is 236 g/mol. The van der Waals surface area contributed by atoms with Crippen molar-refractivity contribution < 1.29 is 9.53 Å². The molecule has 0 aromatic carbocycles. The molecule has 2 rings (SSSR count). The fourth-order valence-electron chi connectivity index (χ4n) is 1.37. The zero-order valence-corrected chi connectivity index (χ0v) is 9.23. The van der Waals surface area contributed by atoms with Gasteiger partial charge in [-0.05, 0) is 0 Å². The molecule has 0 bridgehead atoms. The number of hydrogen-bond donors (Lipinski definition) is 3. The third-order valence-corrected chi connectivity index (χ3v) is 2.18. The van der Waals surface area contributed by atoms with Crippen molar-refractivity contribution in [3.8, 4) is 0 Å². The maximum atomic E-state index is 10.9. The second-order valence-corrected chi connectivity index (χ2v) is 3.32. The first-order valence-electron chi connectivity index (χ1n) is 4.98. The zero-order valence-electron chi connectivity index (χ0n) is 9.23. The van der Waals surface area contributed by atoms with Crippen molar-refractivity contribution in [3.05, 3.63) is 6.20 Å². The number of aromatic nitrogens is 4. The first-order valence-corrected chi connectivity index (χ1v) is 4.98. The average Bonchev–Trinajstić information content (AvgIpc) is 2.76. The molecule has 17 heavy (non-hydrogen) atoms. The number of nitrogens with two attached hydrogens (primary N) is 1. The first-order chi connectivity index (χ1) is 8.20. The largest absolute Gasteiger partial charge is 0.469 e. The minimum atomic E-state index is -0.289. The smallest absolute Gasteiger partial charge is 0.307 e. The number of fused-ring (bicyclic) bond motifs is 1. The van der Waals surface area contributed by atoms with Crippen LogP contribution < -0.4 is 11.1 Å². The van der Waals surface area contributed by atoms with E-state index in [9.17, 15) is 4.79 Å². The molecule has 0 spiro atoms. The molecule has 0 aliphatic rings. The Kier molecular flexibility index (Phi) is 3.03. The summed E-state index contributed by atoms with van der Waals surface area (Å²) in [5.41, 5.74) is 6.09. The molecule has 0 radical (unpaired) electrons. The van der Waals surface area contributed by atoms with Gasteiger partial charge in [0.25, 0.3) is 0 Å². The van der Waals surface area contributed by atoms with Crippen LogP contribution in [0.15, 0.2) is 6.20 Å². The van der Waals surface area contributed by atoms with Gasteiger partial charge in [-0.2, -0.15) is 15.1 Å². The maximum absolute atomic E-state index is 10.9. The molecule has 0 fully saturated rings. The fraction of sp³-hybridized carbons (Fsp3) is 0.333. The molecule has 0 saturated heterocycles. The van der Waals surface area contributed by atoms with Crippen LogP contribution >= 0.6 is 0 Å². The Morgan fingerprint density at radius 1 is 1.59 bits per heavy atom. The van der Waals surface area contributed by atoms with Gasteiger partial charge in [-0.1, -0.05) is 0 Å². The first kappa shape index (κ1) is 11.1. The summed E-state index contributed by atoms with van der Waals surface area (Å²) < 4.78 is 4.53. The Morgan fingerprint density at radius 2 is 2.41 bits per heavy atom. The molecule has 0 aliphatic carbocycles. The van der Waals surface area contributed by atoms with Crippen molar-refractivity contribution in [2.75, 3.05) is 24.7 Å². The topological polar surface area (TPSA) is 119 Å². The van der Waals surface area contributed by atoms with Gasteiger partial charge in [0.1, 0.15) is 5.82 Å². The molecule has 4 N–H and O–H groups in total. The van der Waals surface area contributed by atoms with Crippen LogP contribution in [0.5, 0.6) is 0 Å². The highest BCUT2D eigenvalue weighted by atomic mass is 16.5. The lowest BCUT2D eigenvalue weighted by atomic mass is 10.3. The summed E-state index contributed by atoms with van der Waals surface area (Å²) in [6.45, 7) is 0.406. The molecule has 0 atom stereocenters. The molecule has 2 aromatic rings. The van der Waals surface area contributed by atoms with Crippen molar-refractivity contribution in [3.63, 3.8) is 0 Å². The second-order valence-electron chi connectivity index (χ2n) is 3.32. The third kappa shape index (κ3) is 2.41. The SMILES string of the molecule is COC(=O)CCNc1nc(N)nc2[nH]ncc12. The standard InChI is InChI=1S/C9H12N6O2/c1-17-6(16)2-3-11-7-5-4-12-15-8(5)14-9(10)13-7/h4H,2-3H2,1H3,(H4,10,11,12,13,14,15). The number of H-pyrrole nitrogens is 1. The second kappa shape index (κ2) is 4.64. The Morgan fingerprint density at radius 3 is 3.18 bits per heavy atom. The lowest BCUT2D eigenvalue weighted by Gasteiger charge is -2.05. The number of aromatic amines is 1. The normalized spacial score (nSPS) is 10.4. The minimum absolute atomic E-state index is 0.141. The van der Waals surface area contributed by atoms with E-state index in [2.05, 4.69) is 30.2 Å². The summed E-state index contributed by atoms with van der Waals surface area (Å²) >= 11 is 0. The van der Waals surface area contributed by atoms with Crippen LogP contribution in [0.4, 0.5) is 11.8 Å². The van der Waals surface area contributed by atoms with E-state index in [1.54, 1.807) is 6.20 Å². The number of nitrogen functional groups attached to an aromatic ring is 1. The molecule has 0 unspecified atom stereocenters. The van der Waals surface area contributed by atoms with Gasteiger partial charge in [-0.25, -0.2) is 0 Å². The highest BCUT2D eigenvalue weighted by Gasteiger charge is 2.08. The molecule has 8 nitrogen and oxygen atoms in total. The third-order valence-electron chi connectivity index (χ3n) is 2.18. The van der Waals surface area contributed by atoms with Crippen LogP contribution in [0.2, 0.25) is 0 Å². The van der Waals surface area contributed by atoms with Crippen LogP contribution in [-0.2, 0) is 9.53 Å². The number of nitrogens with zero attached hydrogens (tertiary/aromatic N) is 3. The number of methoxy groups -OCH3 is 1. The van der Waals surface area contributed by atoms with E-state index >= 15 is 0 Å². The van der Waals surface area contributed by atoms with Crippen molar-refractivity contribution in [2.24, 2.45) is 0 Å². The molecular weight excluding hydrogens is 224 g/mol. The number of ether oxygens (including phenoxy) is 1. The van der Waals surface area contributed by atoms with Gasteiger partial charge in [-0.3, -0.25) is 9.89 Å². The quantitative estimate of drug-likeness (QED) is 0.634. The van der Waals surface area contributed by atoms with Gasteiger partial charge in [0.05, 0.1) is 25.1 Å². The van der Waals surface area contributed by atoms with Crippen LogP contribution in [0.25, 0.3) is 11.0 Å². The predicted octanol–water partition coefficient (Wildman–Crippen LogP) is -0.0899.